The summed E-state index contributed by atoms with van der Waals surface area (Å²) in [4.78, 5) is 0.446. The van der Waals surface area contributed by atoms with E-state index in [1.165, 1.54) is 0 Å². The number of halogens is 1. The molecule has 15 heavy (non-hydrogen) atoms. The molecule has 0 saturated carbocycles. The molecular weight excluding hydrogens is 276 g/mol. The van der Waals surface area contributed by atoms with Crippen LogP contribution in [0.5, 0.6) is 0 Å². The van der Waals surface area contributed by atoms with Gasteiger partial charge in [0.15, 0.2) is 0 Å². The molecule has 0 fully saturated rings. The molecule has 0 aromatic rings. The Morgan fingerprint density at radius 1 is 1.27 bits per heavy atom. The van der Waals surface area contributed by atoms with Gasteiger partial charge in [-0.15, -0.1) is 0 Å². The molecule has 0 aliphatic carbocycles. The lowest BCUT2D eigenvalue weighted by Crippen LogP contribution is -2.21. The topological polar surface area (TPSA) is 34.1 Å². The van der Waals surface area contributed by atoms with Crippen molar-refractivity contribution in [2.24, 2.45) is 5.41 Å². The summed E-state index contributed by atoms with van der Waals surface area (Å²) in [5.74, 6) is 0.653. The number of alkyl halides is 1. The summed E-state index contributed by atoms with van der Waals surface area (Å²) in [5, 5.41) is 0. The molecule has 0 saturated heterocycles. The van der Waals surface area contributed by atoms with Crippen molar-refractivity contribution >= 4 is 25.8 Å². The van der Waals surface area contributed by atoms with Crippen molar-refractivity contribution in [3.63, 3.8) is 0 Å². The number of rotatable bonds is 7. The van der Waals surface area contributed by atoms with Gasteiger partial charge in [0.1, 0.15) is 9.84 Å². The first-order chi connectivity index (χ1) is 6.68. The number of hydrogen-bond donors (Lipinski definition) is 0. The van der Waals surface area contributed by atoms with Crippen LogP contribution in [0.1, 0.15) is 47.0 Å². The minimum Gasteiger partial charge on any atom is -0.229 e. The summed E-state index contributed by atoms with van der Waals surface area (Å²) in [5.41, 5.74) is 0.101. The smallest absolute Gasteiger partial charge is 0.150 e. The average Bonchev–Trinajstić information content (AvgIpc) is 1.99. The standard InChI is InChI=1S/C11H23BrO2S/c1-5-7-15(13,14)8-6-11(3,4)9-10(2)12/h10H,5-9H2,1-4H3. The van der Waals surface area contributed by atoms with Crippen LogP contribution in [0.3, 0.4) is 0 Å². The van der Waals surface area contributed by atoms with Crippen LogP contribution >= 0.6 is 15.9 Å². The van der Waals surface area contributed by atoms with Crippen molar-refractivity contribution in [1.29, 1.82) is 0 Å². The van der Waals surface area contributed by atoms with Crippen molar-refractivity contribution in [2.45, 2.75) is 51.8 Å². The maximum atomic E-state index is 11.6. The highest BCUT2D eigenvalue weighted by Crippen LogP contribution is 2.29. The van der Waals surface area contributed by atoms with Gasteiger partial charge in [0.25, 0.3) is 0 Å². The van der Waals surface area contributed by atoms with E-state index in [-0.39, 0.29) is 5.41 Å². The molecule has 0 bridgehead atoms. The lowest BCUT2D eigenvalue weighted by atomic mass is 9.85. The Morgan fingerprint density at radius 3 is 2.20 bits per heavy atom. The van der Waals surface area contributed by atoms with Gasteiger partial charge in [-0.05, 0) is 24.7 Å². The second-order valence-corrected chi connectivity index (χ2v) is 8.92. The molecule has 0 aliphatic heterocycles. The fourth-order valence-corrected chi connectivity index (χ4v) is 4.27. The largest absolute Gasteiger partial charge is 0.229 e. The molecule has 0 rings (SSSR count). The molecule has 0 radical (unpaired) electrons. The highest BCUT2D eigenvalue weighted by atomic mass is 79.9. The Morgan fingerprint density at radius 2 is 1.80 bits per heavy atom. The zero-order valence-corrected chi connectivity index (χ0v) is 12.6. The minimum absolute atomic E-state index is 0.101. The summed E-state index contributed by atoms with van der Waals surface area (Å²) in [6.45, 7) is 8.27. The van der Waals surface area contributed by atoms with Crippen LogP contribution in [-0.2, 0) is 9.84 Å². The van der Waals surface area contributed by atoms with E-state index in [2.05, 4.69) is 36.7 Å². The third-order valence-corrected chi connectivity index (χ3v) is 4.62. The molecule has 0 spiro atoms. The van der Waals surface area contributed by atoms with E-state index in [9.17, 15) is 8.42 Å². The number of hydrogen-bond acceptors (Lipinski definition) is 2. The molecule has 0 heterocycles. The van der Waals surface area contributed by atoms with E-state index < -0.39 is 9.84 Å². The molecule has 2 nitrogen and oxygen atoms in total. The van der Waals surface area contributed by atoms with Gasteiger partial charge in [-0.3, -0.25) is 0 Å². The van der Waals surface area contributed by atoms with Crippen molar-refractivity contribution in [3.05, 3.63) is 0 Å². The lowest BCUT2D eigenvalue weighted by Gasteiger charge is -2.25. The Labute approximate surface area is 103 Å². The van der Waals surface area contributed by atoms with E-state index in [1.807, 2.05) is 6.92 Å². The Hall–Kier alpha value is 0.430. The predicted molar refractivity (Wildman–Crippen MR) is 70.3 cm³/mol. The highest BCUT2D eigenvalue weighted by Gasteiger charge is 2.22. The van der Waals surface area contributed by atoms with Crippen LogP contribution in [0, 0.1) is 5.41 Å². The summed E-state index contributed by atoms with van der Waals surface area (Å²) < 4.78 is 23.1. The van der Waals surface area contributed by atoms with Gasteiger partial charge in [0.2, 0.25) is 0 Å². The van der Waals surface area contributed by atoms with Crippen molar-refractivity contribution in [2.75, 3.05) is 11.5 Å². The third kappa shape index (κ3) is 8.26. The molecule has 92 valence electrons. The van der Waals surface area contributed by atoms with Gasteiger partial charge in [0, 0.05) is 10.6 Å². The van der Waals surface area contributed by atoms with E-state index in [0.29, 0.717) is 16.3 Å². The highest BCUT2D eigenvalue weighted by molar-refractivity contribution is 9.09. The van der Waals surface area contributed by atoms with Crippen LogP contribution in [0.15, 0.2) is 0 Å². The first-order valence-electron chi connectivity index (χ1n) is 5.53. The second kappa shape index (κ2) is 6.24. The Kier molecular flexibility index (Phi) is 6.41. The van der Waals surface area contributed by atoms with Crippen LogP contribution in [0.2, 0.25) is 0 Å². The summed E-state index contributed by atoms with van der Waals surface area (Å²) >= 11 is 3.51. The van der Waals surface area contributed by atoms with Gasteiger partial charge in [0.05, 0.1) is 5.75 Å². The van der Waals surface area contributed by atoms with E-state index in [0.717, 1.165) is 19.3 Å². The average molecular weight is 299 g/mol. The third-order valence-electron chi connectivity index (χ3n) is 2.44. The van der Waals surface area contributed by atoms with Crippen molar-refractivity contribution < 1.29 is 8.42 Å². The SMILES string of the molecule is CCCS(=O)(=O)CCC(C)(C)CC(C)Br. The summed E-state index contributed by atoms with van der Waals surface area (Å²) in [6.07, 6.45) is 2.48. The van der Waals surface area contributed by atoms with Gasteiger partial charge in [-0.2, -0.15) is 0 Å². The minimum atomic E-state index is -2.82. The van der Waals surface area contributed by atoms with Gasteiger partial charge < -0.3 is 0 Å². The van der Waals surface area contributed by atoms with Crippen molar-refractivity contribution in [3.8, 4) is 0 Å². The molecule has 0 aromatic carbocycles. The molecular formula is C11H23BrO2S. The molecule has 0 amide bonds. The van der Waals surface area contributed by atoms with Crippen LogP contribution in [0.25, 0.3) is 0 Å². The van der Waals surface area contributed by atoms with Crippen LogP contribution < -0.4 is 0 Å². The fourth-order valence-electron chi connectivity index (χ4n) is 1.71. The monoisotopic (exact) mass is 298 g/mol. The maximum Gasteiger partial charge on any atom is 0.150 e. The van der Waals surface area contributed by atoms with Crippen LogP contribution in [0.4, 0.5) is 0 Å². The molecule has 0 aliphatic rings. The molecule has 1 atom stereocenters. The maximum absolute atomic E-state index is 11.6. The number of sulfone groups is 1. The zero-order chi connectivity index (χ0) is 12.1. The Bertz CT molecular complexity index is 268. The first-order valence-corrected chi connectivity index (χ1v) is 8.27. The van der Waals surface area contributed by atoms with Gasteiger partial charge in [-0.25, -0.2) is 8.42 Å². The van der Waals surface area contributed by atoms with E-state index in [4.69, 9.17) is 0 Å². The quantitative estimate of drug-likeness (QED) is 0.675. The van der Waals surface area contributed by atoms with E-state index in [1.54, 1.807) is 0 Å². The molecule has 1 unspecified atom stereocenters. The lowest BCUT2D eigenvalue weighted by molar-refractivity contribution is 0.325. The zero-order valence-electron chi connectivity index (χ0n) is 10.2. The predicted octanol–water partition coefficient (Wildman–Crippen LogP) is 3.40. The van der Waals surface area contributed by atoms with Gasteiger partial charge in [-0.1, -0.05) is 43.6 Å². The van der Waals surface area contributed by atoms with Crippen molar-refractivity contribution in [1.82, 2.24) is 0 Å². The second-order valence-electron chi connectivity index (χ2n) is 5.05. The van der Waals surface area contributed by atoms with E-state index >= 15 is 0 Å². The van der Waals surface area contributed by atoms with Gasteiger partial charge >= 0.3 is 0 Å². The van der Waals surface area contributed by atoms with Crippen LogP contribution in [-0.4, -0.2) is 24.8 Å². The normalized spacial score (nSPS) is 15.3. The first kappa shape index (κ1) is 15.4. The summed E-state index contributed by atoms with van der Waals surface area (Å²) in [7, 11) is -2.82. The molecule has 0 N–H and O–H groups in total. The fraction of sp³-hybridized carbons (Fsp3) is 1.00. The summed E-state index contributed by atoms with van der Waals surface area (Å²) in [6, 6.07) is 0. The molecule has 4 heteroatoms. The molecule has 0 aromatic heterocycles. The Balaban J connectivity index is 4.14.